The van der Waals surface area contributed by atoms with Gasteiger partial charge in [-0.1, -0.05) is 0 Å². The highest BCUT2D eigenvalue weighted by atomic mass is 16.2. The molecule has 6 heteroatoms. The molecule has 92 valence electrons. The van der Waals surface area contributed by atoms with Crippen LogP contribution in [0, 0.1) is 0 Å². The molecule has 2 atom stereocenters. The fourth-order valence-electron chi connectivity index (χ4n) is 2.13. The Bertz CT molecular complexity index is 440. The Morgan fingerprint density at radius 1 is 1.35 bits per heavy atom. The van der Waals surface area contributed by atoms with Gasteiger partial charge in [-0.3, -0.25) is 9.59 Å². The first-order valence-electron chi connectivity index (χ1n) is 5.68. The fourth-order valence-corrected chi connectivity index (χ4v) is 2.13. The van der Waals surface area contributed by atoms with Gasteiger partial charge >= 0.3 is 0 Å². The number of nitrogens with one attached hydrogen (secondary N) is 2. The van der Waals surface area contributed by atoms with E-state index in [0.717, 1.165) is 13.1 Å². The minimum Gasteiger partial charge on any atom is -0.329 e. The smallest absolute Gasteiger partial charge is 0.274 e. The standard InChI is InChI=1S/C11H16N4O2/c1-7-5-12-6-8(2)15(7)11(17)9-3-4-10(16)14-13-9/h3-4,7-8,12H,5-6H2,1-2H3,(H,14,16). The molecule has 1 saturated heterocycles. The number of hydrogen-bond donors (Lipinski definition) is 2. The van der Waals surface area contributed by atoms with Gasteiger partial charge in [0.1, 0.15) is 5.69 Å². The Labute approximate surface area is 99.0 Å². The van der Waals surface area contributed by atoms with Gasteiger partial charge in [-0.05, 0) is 19.9 Å². The Hall–Kier alpha value is -1.69. The van der Waals surface area contributed by atoms with Gasteiger partial charge in [0, 0.05) is 31.2 Å². The second-order valence-electron chi connectivity index (χ2n) is 4.38. The largest absolute Gasteiger partial charge is 0.329 e. The van der Waals surface area contributed by atoms with Crippen molar-refractivity contribution in [3.8, 4) is 0 Å². The van der Waals surface area contributed by atoms with E-state index in [-0.39, 0.29) is 29.2 Å². The molecular formula is C11H16N4O2. The SMILES string of the molecule is CC1CNCC(C)N1C(=O)c1ccc(=O)[nH]n1. The summed E-state index contributed by atoms with van der Waals surface area (Å²) in [6, 6.07) is 3.03. The van der Waals surface area contributed by atoms with E-state index >= 15 is 0 Å². The molecule has 0 radical (unpaired) electrons. The molecule has 2 heterocycles. The molecule has 1 amide bonds. The van der Waals surface area contributed by atoms with E-state index in [1.165, 1.54) is 12.1 Å². The van der Waals surface area contributed by atoms with E-state index < -0.39 is 0 Å². The number of rotatable bonds is 1. The molecule has 1 aliphatic rings. The van der Waals surface area contributed by atoms with Crippen LogP contribution in [0.4, 0.5) is 0 Å². The van der Waals surface area contributed by atoms with Gasteiger partial charge < -0.3 is 10.2 Å². The minimum atomic E-state index is -0.303. The first-order chi connectivity index (χ1) is 8.09. The quantitative estimate of drug-likeness (QED) is 0.695. The molecule has 1 fully saturated rings. The van der Waals surface area contributed by atoms with Crippen molar-refractivity contribution in [2.75, 3.05) is 13.1 Å². The summed E-state index contributed by atoms with van der Waals surface area (Å²) in [5, 5.41) is 9.31. The summed E-state index contributed by atoms with van der Waals surface area (Å²) in [6.07, 6.45) is 0. The van der Waals surface area contributed by atoms with Crippen molar-refractivity contribution in [1.82, 2.24) is 20.4 Å². The lowest BCUT2D eigenvalue weighted by Gasteiger charge is -2.39. The number of aromatic nitrogens is 2. The molecule has 6 nitrogen and oxygen atoms in total. The number of carbonyl (C=O) groups is 1. The van der Waals surface area contributed by atoms with E-state index in [1.54, 1.807) is 4.90 Å². The van der Waals surface area contributed by atoms with Crippen LogP contribution in [0.3, 0.4) is 0 Å². The summed E-state index contributed by atoms with van der Waals surface area (Å²) in [5.41, 5.74) is -0.0202. The lowest BCUT2D eigenvalue weighted by Crippen LogP contribution is -2.57. The normalized spacial score (nSPS) is 24.7. The van der Waals surface area contributed by atoms with Crippen LogP contribution < -0.4 is 10.9 Å². The lowest BCUT2D eigenvalue weighted by atomic mass is 10.1. The van der Waals surface area contributed by atoms with E-state index in [2.05, 4.69) is 15.5 Å². The average molecular weight is 236 g/mol. The molecule has 0 aliphatic carbocycles. The topological polar surface area (TPSA) is 78.1 Å². The second-order valence-corrected chi connectivity index (χ2v) is 4.38. The van der Waals surface area contributed by atoms with Gasteiger partial charge in [-0.25, -0.2) is 5.10 Å². The maximum atomic E-state index is 12.2. The Morgan fingerprint density at radius 3 is 2.53 bits per heavy atom. The average Bonchev–Trinajstić information content (AvgIpc) is 2.29. The number of amides is 1. The van der Waals surface area contributed by atoms with Crippen LogP contribution >= 0.6 is 0 Å². The number of carbonyl (C=O) groups excluding carboxylic acids is 1. The van der Waals surface area contributed by atoms with Crippen molar-refractivity contribution < 1.29 is 4.79 Å². The predicted molar refractivity (Wildman–Crippen MR) is 62.8 cm³/mol. The maximum absolute atomic E-state index is 12.2. The molecule has 1 aliphatic heterocycles. The Morgan fingerprint density at radius 2 is 2.00 bits per heavy atom. The molecule has 0 bridgehead atoms. The zero-order valence-electron chi connectivity index (χ0n) is 9.93. The van der Waals surface area contributed by atoms with E-state index in [4.69, 9.17) is 0 Å². The third-order valence-electron chi connectivity index (χ3n) is 2.96. The van der Waals surface area contributed by atoms with E-state index in [9.17, 15) is 9.59 Å². The van der Waals surface area contributed by atoms with Crippen molar-refractivity contribution in [2.24, 2.45) is 0 Å². The van der Waals surface area contributed by atoms with Crippen LogP contribution in [-0.2, 0) is 0 Å². The first kappa shape index (κ1) is 11.8. The molecule has 0 saturated carbocycles. The van der Waals surface area contributed by atoms with Crippen molar-refractivity contribution in [3.05, 3.63) is 28.2 Å². The van der Waals surface area contributed by atoms with E-state index in [1.807, 2.05) is 13.8 Å². The van der Waals surface area contributed by atoms with Crippen molar-refractivity contribution in [2.45, 2.75) is 25.9 Å². The van der Waals surface area contributed by atoms with Gasteiger partial charge in [0.25, 0.3) is 11.5 Å². The number of piperazine rings is 1. The van der Waals surface area contributed by atoms with Crippen LogP contribution in [0.15, 0.2) is 16.9 Å². The molecule has 1 aromatic heterocycles. The highest BCUT2D eigenvalue weighted by Gasteiger charge is 2.30. The molecular weight excluding hydrogens is 220 g/mol. The summed E-state index contributed by atoms with van der Waals surface area (Å²) >= 11 is 0. The zero-order valence-corrected chi connectivity index (χ0v) is 9.93. The highest BCUT2D eigenvalue weighted by molar-refractivity contribution is 5.92. The highest BCUT2D eigenvalue weighted by Crippen LogP contribution is 2.12. The third-order valence-corrected chi connectivity index (χ3v) is 2.96. The molecule has 0 spiro atoms. The van der Waals surface area contributed by atoms with Gasteiger partial charge in [0.15, 0.2) is 0 Å². The summed E-state index contributed by atoms with van der Waals surface area (Å²) in [5.74, 6) is -0.136. The van der Waals surface area contributed by atoms with Gasteiger partial charge in [-0.2, -0.15) is 5.10 Å². The summed E-state index contributed by atoms with van der Waals surface area (Å²) < 4.78 is 0. The number of nitrogens with zero attached hydrogens (tertiary/aromatic N) is 2. The van der Waals surface area contributed by atoms with Gasteiger partial charge in [0.2, 0.25) is 0 Å². The fraction of sp³-hybridized carbons (Fsp3) is 0.545. The Balaban J connectivity index is 2.23. The second kappa shape index (κ2) is 4.67. The first-order valence-corrected chi connectivity index (χ1v) is 5.68. The lowest BCUT2D eigenvalue weighted by molar-refractivity contribution is 0.0537. The minimum absolute atomic E-state index is 0.125. The van der Waals surface area contributed by atoms with Crippen molar-refractivity contribution in [3.63, 3.8) is 0 Å². The third kappa shape index (κ3) is 2.36. The molecule has 2 rings (SSSR count). The summed E-state index contributed by atoms with van der Waals surface area (Å²) in [6.45, 7) is 5.54. The van der Waals surface area contributed by atoms with Crippen LogP contribution in [0.1, 0.15) is 24.3 Å². The van der Waals surface area contributed by atoms with Crippen molar-refractivity contribution >= 4 is 5.91 Å². The summed E-state index contributed by atoms with van der Waals surface area (Å²) in [7, 11) is 0. The molecule has 2 N–H and O–H groups in total. The van der Waals surface area contributed by atoms with Gasteiger partial charge in [-0.15, -0.1) is 0 Å². The van der Waals surface area contributed by atoms with Gasteiger partial charge in [0.05, 0.1) is 0 Å². The van der Waals surface area contributed by atoms with Crippen molar-refractivity contribution in [1.29, 1.82) is 0 Å². The monoisotopic (exact) mass is 236 g/mol. The van der Waals surface area contributed by atoms with Crippen LogP contribution in [0.25, 0.3) is 0 Å². The van der Waals surface area contributed by atoms with Crippen LogP contribution in [-0.4, -0.2) is 46.2 Å². The predicted octanol–water partition coefficient (Wildman–Crippen LogP) is -0.408. The van der Waals surface area contributed by atoms with Crippen LogP contribution in [0.2, 0.25) is 0 Å². The number of aromatic amines is 1. The zero-order chi connectivity index (χ0) is 12.4. The molecule has 0 aromatic carbocycles. The Kier molecular flexibility index (Phi) is 3.23. The number of H-pyrrole nitrogens is 1. The van der Waals surface area contributed by atoms with E-state index in [0.29, 0.717) is 0 Å². The molecule has 2 unspecified atom stereocenters. The molecule has 17 heavy (non-hydrogen) atoms. The van der Waals surface area contributed by atoms with Crippen LogP contribution in [0.5, 0.6) is 0 Å². The molecule has 1 aromatic rings. The summed E-state index contributed by atoms with van der Waals surface area (Å²) in [4.78, 5) is 24.9. The maximum Gasteiger partial charge on any atom is 0.274 e. The number of hydrogen-bond acceptors (Lipinski definition) is 4.